The normalized spacial score (nSPS) is 13.5. The number of pyridine rings is 3. The van der Waals surface area contributed by atoms with Gasteiger partial charge in [-0.15, -0.1) is 0 Å². The van der Waals surface area contributed by atoms with Crippen molar-refractivity contribution in [3.63, 3.8) is 0 Å². The quantitative estimate of drug-likeness (QED) is 0.243. The molecule has 2 aliphatic rings. The van der Waals surface area contributed by atoms with Gasteiger partial charge in [-0.2, -0.15) is 0 Å². The first-order valence-electron chi connectivity index (χ1n) is 14.5. The number of hydrogen-bond acceptors (Lipinski definition) is 7. The molecule has 0 saturated heterocycles. The molecule has 7 rings (SSSR count). The summed E-state index contributed by atoms with van der Waals surface area (Å²) >= 11 is 3.41. The number of benzene rings is 2. The van der Waals surface area contributed by atoms with Gasteiger partial charge in [-0.1, -0.05) is 34.1 Å². The van der Waals surface area contributed by atoms with Gasteiger partial charge in [0, 0.05) is 35.7 Å². The fourth-order valence-electron chi connectivity index (χ4n) is 5.25. The minimum atomic E-state index is -0.109. The average Bonchev–Trinajstić information content (AvgIpc) is 3.07. The van der Waals surface area contributed by atoms with E-state index in [1.54, 1.807) is 46.9 Å². The number of aromatic nitrogens is 3. The molecular formula is C35H30BrN5O5. The van der Waals surface area contributed by atoms with E-state index in [-0.39, 0.29) is 30.6 Å². The predicted molar refractivity (Wildman–Crippen MR) is 178 cm³/mol. The first kappa shape index (κ1) is 30.7. The molecule has 0 bridgehead atoms. The maximum Gasteiger partial charge on any atom is 0.265 e. The van der Waals surface area contributed by atoms with Gasteiger partial charge in [0.05, 0.1) is 35.9 Å². The Labute approximate surface area is 274 Å². The summed E-state index contributed by atoms with van der Waals surface area (Å²) in [5.41, 5.74) is 5.62. The van der Waals surface area contributed by atoms with E-state index in [0.717, 1.165) is 38.4 Å². The summed E-state index contributed by atoms with van der Waals surface area (Å²) in [4.78, 5) is 48.5. The van der Waals surface area contributed by atoms with Crippen molar-refractivity contribution in [1.29, 1.82) is 0 Å². The van der Waals surface area contributed by atoms with Crippen molar-refractivity contribution in [3.05, 3.63) is 129 Å². The number of carbonyl (C=O) groups excluding carboxylic acids is 2. The van der Waals surface area contributed by atoms with E-state index in [2.05, 4.69) is 25.9 Å². The van der Waals surface area contributed by atoms with Gasteiger partial charge in [-0.3, -0.25) is 34.2 Å². The van der Waals surface area contributed by atoms with Gasteiger partial charge in [0.25, 0.3) is 17.4 Å². The smallest absolute Gasteiger partial charge is 0.265 e. The second-order valence-corrected chi connectivity index (χ2v) is 11.7. The molecule has 2 aromatic carbocycles. The monoisotopic (exact) mass is 679 g/mol. The fraction of sp³-hybridized carbons (Fsp3) is 0.171. The van der Waals surface area contributed by atoms with Gasteiger partial charge in [0.15, 0.2) is 13.2 Å². The third kappa shape index (κ3) is 6.69. The SMILES string of the molecule is Cc1cc(-c2ccc3c(c2)N(Cc2ccccn2)C(=O)CO3)cn(C)c1=O.O=C1COc2ccc(Br)cc2N1Cc1ccccn1. The van der Waals surface area contributed by atoms with Crippen LogP contribution in [0.4, 0.5) is 11.4 Å². The number of carbonyl (C=O) groups is 2. The zero-order valence-electron chi connectivity index (χ0n) is 25.2. The van der Waals surface area contributed by atoms with Gasteiger partial charge in [0.1, 0.15) is 11.5 Å². The molecule has 0 aliphatic carbocycles. The van der Waals surface area contributed by atoms with Crippen LogP contribution < -0.4 is 24.8 Å². The van der Waals surface area contributed by atoms with E-state index >= 15 is 0 Å². The average molecular weight is 681 g/mol. The van der Waals surface area contributed by atoms with Crippen LogP contribution >= 0.6 is 15.9 Å². The molecule has 0 spiro atoms. The molecule has 0 fully saturated rings. The van der Waals surface area contributed by atoms with Crippen LogP contribution in [0.5, 0.6) is 11.5 Å². The van der Waals surface area contributed by atoms with Crippen LogP contribution in [0.3, 0.4) is 0 Å². The Bertz CT molecular complexity index is 1940. The molecule has 10 nitrogen and oxygen atoms in total. The summed E-state index contributed by atoms with van der Waals surface area (Å²) in [6.07, 6.45) is 5.23. The lowest BCUT2D eigenvalue weighted by Crippen LogP contribution is -2.38. The molecule has 0 atom stereocenters. The molecular weight excluding hydrogens is 650 g/mol. The van der Waals surface area contributed by atoms with Gasteiger partial charge < -0.3 is 14.0 Å². The Morgan fingerprint density at radius 1 is 0.717 bits per heavy atom. The highest BCUT2D eigenvalue weighted by atomic mass is 79.9. The van der Waals surface area contributed by atoms with Crippen LogP contribution in [0, 0.1) is 6.92 Å². The third-order valence-electron chi connectivity index (χ3n) is 7.55. The molecule has 0 radical (unpaired) electrons. The maximum atomic E-state index is 12.5. The van der Waals surface area contributed by atoms with E-state index in [4.69, 9.17) is 9.47 Å². The Hall–Kier alpha value is -5.29. The van der Waals surface area contributed by atoms with Crippen molar-refractivity contribution in [3.8, 4) is 22.6 Å². The summed E-state index contributed by atoms with van der Waals surface area (Å²) < 4.78 is 13.5. The predicted octanol–water partition coefficient (Wildman–Crippen LogP) is 5.45. The number of nitrogens with zero attached hydrogens (tertiary/aromatic N) is 5. The Kier molecular flexibility index (Phi) is 8.93. The molecule has 11 heteroatoms. The summed E-state index contributed by atoms with van der Waals surface area (Å²) in [5, 5.41) is 0. The van der Waals surface area contributed by atoms with Gasteiger partial charge in [-0.05, 0) is 78.7 Å². The van der Waals surface area contributed by atoms with E-state index in [1.807, 2.05) is 78.9 Å². The molecule has 0 N–H and O–H groups in total. The van der Waals surface area contributed by atoms with Crippen molar-refractivity contribution in [2.75, 3.05) is 23.0 Å². The lowest BCUT2D eigenvalue weighted by atomic mass is 10.0. The Morgan fingerprint density at radius 2 is 1.28 bits per heavy atom. The number of fused-ring (bicyclic) bond motifs is 2. The van der Waals surface area contributed by atoms with Gasteiger partial charge in [-0.25, -0.2) is 0 Å². The van der Waals surface area contributed by atoms with Crippen LogP contribution in [-0.4, -0.2) is 39.6 Å². The van der Waals surface area contributed by atoms with Crippen molar-refractivity contribution in [1.82, 2.24) is 14.5 Å². The standard InChI is InChI=1S/C21H19N3O3.C14H11BrN2O2/c1-14-9-16(11-23(2)21(14)26)15-6-7-19-18(10-15)24(20(25)13-27-19)12-17-5-3-4-8-22-17;15-10-4-5-13-12(7-10)17(14(18)9-19-13)8-11-3-1-2-6-16-11/h3-11H,12-13H2,1-2H3;1-7H,8-9H2. The fourth-order valence-corrected chi connectivity index (χ4v) is 5.60. The zero-order chi connectivity index (χ0) is 32.2. The van der Waals surface area contributed by atoms with Crippen molar-refractivity contribution in [2.45, 2.75) is 20.0 Å². The van der Waals surface area contributed by atoms with Gasteiger partial charge in [0.2, 0.25) is 0 Å². The van der Waals surface area contributed by atoms with E-state index in [0.29, 0.717) is 30.1 Å². The highest BCUT2D eigenvalue weighted by molar-refractivity contribution is 9.10. The van der Waals surface area contributed by atoms with Crippen LogP contribution in [0.1, 0.15) is 17.0 Å². The van der Waals surface area contributed by atoms with Crippen LogP contribution in [0.15, 0.2) is 107 Å². The lowest BCUT2D eigenvalue weighted by Gasteiger charge is -2.29. The Morgan fingerprint density at radius 3 is 1.83 bits per heavy atom. The lowest BCUT2D eigenvalue weighted by molar-refractivity contribution is -0.122. The minimum absolute atomic E-state index is 0.0120. The first-order valence-corrected chi connectivity index (χ1v) is 15.3. The highest BCUT2D eigenvalue weighted by Gasteiger charge is 2.27. The number of amides is 2. The number of rotatable bonds is 5. The molecule has 2 amide bonds. The molecule has 0 saturated carbocycles. The topological polar surface area (TPSA) is 107 Å². The van der Waals surface area contributed by atoms with E-state index in [9.17, 15) is 14.4 Å². The highest BCUT2D eigenvalue weighted by Crippen LogP contribution is 2.37. The molecule has 5 heterocycles. The van der Waals surface area contributed by atoms with Crippen LogP contribution in [-0.2, 0) is 29.7 Å². The minimum Gasteiger partial charge on any atom is -0.482 e. The van der Waals surface area contributed by atoms with E-state index in [1.165, 1.54) is 0 Å². The number of hydrogen-bond donors (Lipinski definition) is 0. The molecule has 3 aromatic heterocycles. The summed E-state index contributed by atoms with van der Waals surface area (Å²) in [5.74, 6) is 1.22. The van der Waals surface area contributed by atoms with Gasteiger partial charge >= 0.3 is 0 Å². The van der Waals surface area contributed by atoms with E-state index < -0.39 is 0 Å². The van der Waals surface area contributed by atoms with Crippen LogP contribution in [0.2, 0.25) is 0 Å². The number of aryl methyl sites for hydroxylation is 2. The first-order chi connectivity index (χ1) is 22.3. The second-order valence-electron chi connectivity index (χ2n) is 10.8. The maximum absolute atomic E-state index is 12.5. The van der Waals surface area contributed by atoms with Crippen LogP contribution in [0.25, 0.3) is 11.1 Å². The molecule has 46 heavy (non-hydrogen) atoms. The second kappa shape index (κ2) is 13.4. The zero-order valence-corrected chi connectivity index (χ0v) is 26.8. The van der Waals surface area contributed by atoms with Crippen molar-refractivity contribution < 1.29 is 19.1 Å². The molecule has 5 aromatic rings. The summed E-state index contributed by atoms with van der Waals surface area (Å²) in [7, 11) is 1.73. The number of halogens is 1. The Balaban J connectivity index is 0.000000172. The number of ether oxygens (including phenoxy) is 2. The van der Waals surface area contributed by atoms with Crippen molar-refractivity contribution >= 4 is 39.1 Å². The molecule has 232 valence electrons. The summed E-state index contributed by atoms with van der Waals surface area (Å²) in [6, 6.07) is 24.5. The molecule has 0 unspecified atom stereocenters. The third-order valence-corrected chi connectivity index (χ3v) is 8.05. The largest absolute Gasteiger partial charge is 0.482 e. The number of anilines is 2. The van der Waals surface area contributed by atoms with Crippen molar-refractivity contribution in [2.24, 2.45) is 7.05 Å². The summed E-state index contributed by atoms with van der Waals surface area (Å²) in [6.45, 7) is 2.71. The molecule has 2 aliphatic heterocycles.